The Labute approximate surface area is 108 Å². The smallest absolute Gasteiger partial charge is 0.289 e. The number of hydrogen-bond acceptors (Lipinski definition) is 4. The molecule has 1 heterocycles. The van der Waals surface area contributed by atoms with Crippen molar-refractivity contribution in [3.63, 3.8) is 0 Å². The minimum atomic E-state index is -0.910. The molecule has 0 bridgehead atoms. The highest BCUT2D eigenvalue weighted by atomic mass is 16.4. The first-order chi connectivity index (χ1) is 8.21. The first-order valence-corrected chi connectivity index (χ1v) is 6.16. The molecule has 1 aromatic rings. The molecule has 1 atom stereocenters. The number of nitrogens with zero attached hydrogens (tertiary/aromatic N) is 1. The van der Waals surface area contributed by atoms with Crippen LogP contribution in [0, 0.1) is 19.8 Å². The summed E-state index contributed by atoms with van der Waals surface area (Å²) in [5.74, 6) is 0.711. The molecular formula is C13H22N2O3. The van der Waals surface area contributed by atoms with Crippen molar-refractivity contribution < 1.29 is 14.3 Å². The van der Waals surface area contributed by atoms with E-state index in [0.717, 1.165) is 0 Å². The van der Waals surface area contributed by atoms with E-state index in [-0.39, 0.29) is 18.2 Å². The van der Waals surface area contributed by atoms with Crippen molar-refractivity contribution in [1.82, 2.24) is 10.3 Å². The molecule has 1 unspecified atom stereocenters. The zero-order chi connectivity index (χ0) is 13.9. The summed E-state index contributed by atoms with van der Waals surface area (Å²) in [5.41, 5.74) is -0.346. The Hall–Kier alpha value is -1.36. The highest BCUT2D eigenvalue weighted by Crippen LogP contribution is 2.16. The summed E-state index contributed by atoms with van der Waals surface area (Å²) in [5, 5.41) is 12.8. The second kappa shape index (κ2) is 5.52. The summed E-state index contributed by atoms with van der Waals surface area (Å²) in [4.78, 5) is 15.9. The molecule has 5 heteroatoms. The van der Waals surface area contributed by atoms with E-state index < -0.39 is 5.60 Å². The van der Waals surface area contributed by atoms with Crippen molar-refractivity contribution >= 4 is 5.91 Å². The van der Waals surface area contributed by atoms with Gasteiger partial charge in [-0.25, -0.2) is 4.98 Å². The Bertz CT molecular complexity index is 422. The van der Waals surface area contributed by atoms with E-state index in [9.17, 15) is 9.90 Å². The Kier molecular flexibility index (Phi) is 4.51. The second-order valence-corrected chi connectivity index (χ2v) is 5.43. The topological polar surface area (TPSA) is 75.4 Å². The van der Waals surface area contributed by atoms with Gasteiger partial charge in [-0.15, -0.1) is 0 Å². The largest absolute Gasteiger partial charge is 0.436 e. The van der Waals surface area contributed by atoms with Crippen LogP contribution in [0.2, 0.25) is 0 Å². The van der Waals surface area contributed by atoms with Crippen LogP contribution in [0.4, 0.5) is 0 Å². The van der Waals surface area contributed by atoms with Crippen molar-refractivity contribution in [3.8, 4) is 0 Å². The Morgan fingerprint density at radius 3 is 2.56 bits per heavy atom. The van der Waals surface area contributed by atoms with Crippen molar-refractivity contribution in [3.05, 3.63) is 17.3 Å². The van der Waals surface area contributed by atoms with Gasteiger partial charge >= 0.3 is 0 Å². The number of rotatable bonds is 5. The van der Waals surface area contributed by atoms with E-state index in [4.69, 9.17) is 4.42 Å². The van der Waals surface area contributed by atoms with Crippen LogP contribution in [-0.2, 0) is 0 Å². The van der Waals surface area contributed by atoms with Crippen LogP contribution in [-0.4, -0.2) is 28.1 Å². The molecule has 0 aliphatic heterocycles. The predicted octanol–water partition coefficient (Wildman–Crippen LogP) is 1.82. The quantitative estimate of drug-likeness (QED) is 0.840. The van der Waals surface area contributed by atoms with Crippen molar-refractivity contribution in [2.24, 2.45) is 5.92 Å². The molecule has 0 spiro atoms. The molecule has 0 aliphatic rings. The number of nitrogens with one attached hydrogen (secondary N) is 1. The highest BCUT2D eigenvalue weighted by Gasteiger charge is 2.24. The molecule has 18 heavy (non-hydrogen) atoms. The summed E-state index contributed by atoms with van der Waals surface area (Å²) in [6.07, 6.45) is 0.627. The number of carbonyl (C=O) groups is 1. The van der Waals surface area contributed by atoms with Gasteiger partial charge in [0.15, 0.2) is 5.89 Å². The third-order valence-corrected chi connectivity index (χ3v) is 2.59. The number of amides is 1. The lowest BCUT2D eigenvalue weighted by Crippen LogP contribution is -2.41. The maximum Gasteiger partial charge on any atom is 0.289 e. The molecule has 1 rings (SSSR count). The van der Waals surface area contributed by atoms with Crippen LogP contribution < -0.4 is 5.32 Å². The van der Waals surface area contributed by atoms with Gasteiger partial charge in [0.05, 0.1) is 11.3 Å². The minimum Gasteiger partial charge on any atom is -0.436 e. The Morgan fingerprint density at radius 1 is 1.50 bits per heavy atom. The van der Waals surface area contributed by atoms with E-state index in [1.807, 2.05) is 13.8 Å². The van der Waals surface area contributed by atoms with E-state index in [1.165, 1.54) is 0 Å². The lowest BCUT2D eigenvalue weighted by atomic mass is 9.94. The van der Waals surface area contributed by atoms with Gasteiger partial charge < -0.3 is 14.8 Å². The van der Waals surface area contributed by atoms with Crippen LogP contribution in [0.1, 0.15) is 49.3 Å². The fourth-order valence-corrected chi connectivity index (χ4v) is 2.04. The standard InChI is InChI=1S/C13H22N2O3/c1-8(2)6-13(5,17)7-14-12(16)11-9(3)15-10(4)18-11/h8,17H,6-7H2,1-5H3,(H,14,16). The predicted molar refractivity (Wildman–Crippen MR) is 68.4 cm³/mol. The van der Waals surface area contributed by atoms with Crippen molar-refractivity contribution in [1.29, 1.82) is 0 Å². The molecule has 0 fully saturated rings. The Morgan fingerprint density at radius 2 is 2.11 bits per heavy atom. The third-order valence-electron chi connectivity index (χ3n) is 2.59. The van der Waals surface area contributed by atoms with Crippen LogP contribution in [0.5, 0.6) is 0 Å². The zero-order valence-electron chi connectivity index (χ0n) is 11.7. The molecule has 5 nitrogen and oxygen atoms in total. The van der Waals surface area contributed by atoms with Crippen molar-refractivity contribution in [2.75, 3.05) is 6.54 Å². The average Bonchev–Trinajstić information content (AvgIpc) is 2.52. The number of oxazole rings is 1. The van der Waals surface area contributed by atoms with Gasteiger partial charge in [0.25, 0.3) is 5.91 Å². The number of hydrogen-bond donors (Lipinski definition) is 2. The monoisotopic (exact) mass is 254 g/mol. The van der Waals surface area contributed by atoms with Crippen LogP contribution in [0.3, 0.4) is 0 Å². The number of aromatic nitrogens is 1. The van der Waals surface area contributed by atoms with Crippen LogP contribution in [0.15, 0.2) is 4.42 Å². The van der Waals surface area contributed by atoms with Crippen LogP contribution >= 0.6 is 0 Å². The SMILES string of the molecule is Cc1nc(C)c(C(=O)NCC(C)(O)CC(C)C)o1. The summed E-state index contributed by atoms with van der Waals surface area (Å²) >= 11 is 0. The molecule has 2 N–H and O–H groups in total. The third kappa shape index (κ3) is 4.14. The van der Waals surface area contributed by atoms with Crippen molar-refractivity contribution in [2.45, 2.75) is 46.6 Å². The van der Waals surface area contributed by atoms with Gasteiger partial charge in [0, 0.05) is 13.5 Å². The molecule has 0 saturated heterocycles. The van der Waals surface area contributed by atoms with Gasteiger partial charge in [0.2, 0.25) is 5.76 Å². The molecule has 0 aliphatic carbocycles. The number of aliphatic hydroxyl groups is 1. The molecular weight excluding hydrogens is 232 g/mol. The fourth-order valence-electron chi connectivity index (χ4n) is 2.04. The molecule has 1 amide bonds. The van der Waals surface area contributed by atoms with Gasteiger partial charge in [-0.05, 0) is 26.2 Å². The first-order valence-electron chi connectivity index (χ1n) is 6.16. The summed E-state index contributed by atoms with van der Waals surface area (Å²) in [6, 6.07) is 0. The summed E-state index contributed by atoms with van der Waals surface area (Å²) in [7, 11) is 0. The van der Waals surface area contributed by atoms with E-state index in [0.29, 0.717) is 23.9 Å². The van der Waals surface area contributed by atoms with E-state index in [2.05, 4.69) is 10.3 Å². The molecule has 102 valence electrons. The first kappa shape index (κ1) is 14.7. The zero-order valence-corrected chi connectivity index (χ0v) is 11.7. The second-order valence-electron chi connectivity index (χ2n) is 5.43. The summed E-state index contributed by atoms with van der Waals surface area (Å²) < 4.78 is 5.22. The van der Waals surface area contributed by atoms with E-state index in [1.54, 1.807) is 20.8 Å². The van der Waals surface area contributed by atoms with Gasteiger partial charge in [-0.3, -0.25) is 4.79 Å². The van der Waals surface area contributed by atoms with E-state index >= 15 is 0 Å². The van der Waals surface area contributed by atoms with Gasteiger partial charge in [-0.1, -0.05) is 13.8 Å². The molecule has 1 aromatic heterocycles. The van der Waals surface area contributed by atoms with Crippen LogP contribution in [0.25, 0.3) is 0 Å². The molecule has 0 radical (unpaired) electrons. The maximum atomic E-state index is 11.9. The van der Waals surface area contributed by atoms with Gasteiger partial charge in [0.1, 0.15) is 0 Å². The highest BCUT2D eigenvalue weighted by molar-refractivity contribution is 5.92. The number of aryl methyl sites for hydroxylation is 2. The number of carbonyl (C=O) groups excluding carboxylic acids is 1. The molecule has 0 saturated carbocycles. The average molecular weight is 254 g/mol. The summed E-state index contributed by atoms with van der Waals surface area (Å²) in [6.45, 7) is 9.38. The lowest BCUT2D eigenvalue weighted by molar-refractivity contribution is 0.0363. The minimum absolute atomic E-state index is 0.198. The normalized spacial score (nSPS) is 14.6. The maximum absolute atomic E-state index is 11.9. The lowest BCUT2D eigenvalue weighted by Gasteiger charge is -2.25. The molecule has 0 aromatic carbocycles. The fraction of sp³-hybridized carbons (Fsp3) is 0.692. The Balaban J connectivity index is 2.59. The van der Waals surface area contributed by atoms with Gasteiger partial charge in [-0.2, -0.15) is 0 Å².